The highest BCUT2D eigenvalue weighted by molar-refractivity contribution is 5.91. The van der Waals surface area contributed by atoms with Crippen molar-refractivity contribution in [1.29, 1.82) is 0 Å². The monoisotopic (exact) mass is 494 g/mol. The highest BCUT2D eigenvalue weighted by Gasteiger charge is 2.10. The van der Waals surface area contributed by atoms with E-state index in [-0.39, 0.29) is 12.1 Å². The van der Waals surface area contributed by atoms with Gasteiger partial charge in [-0.05, 0) is 80.5 Å². The molecule has 36 heavy (non-hydrogen) atoms. The van der Waals surface area contributed by atoms with E-state index in [1.54, 1.807) is 12.1 Å². The van der Waals surface area contributed by atoms with Gasteiger partial charge < -0.3 is 9.47 Å². The first-order valence-electron chi connectivity index (χ1n) is 14.6. The lowest BCUT2D eigenvalue weighted by molar-refractivity contribution is 0.0734. The first-order valence-corrected chi connectivity index (χ1v) is 14.6. The molecule has 2 atom stereocenters. The Morgan fingerprint density at radius 2 is 1.28 bits per heavy atom. The van der Waals surface area contributed by atoms with Crippen LogP contribution in [-0.4, -0.2) is 12.1 Å². The van der Waals surface area contributed by atoms with Crippen LogP contribution >= 0.6 is 0 Å². The van der Waals surface area contributed by atoms with Crippen molar-refractivity contribution in [3.8, 4) is 11.5 Å². The molecule has 0 amide bonds. The minimum atomic E-state index is -0.338. The molecule has 0 radical (unpaired) electrons. The summed E-state index contributed by atoms with van der Waals surface area (Å²) in [5, 5.41) is 0. The van der Waals surface area contributed by atoms with E-state index in [0.29, 0.717) is 11.3 Å². The second-order valence-electron chi connectivity index (χ2n) is 10.5. The maximum atomic E-state index is 12.5. The van der Waals surface area contributed by atoms with Gasteiger partial charge >= 0.3 is 5.97 Å². The maximum absolute atomic E-state index is 12.5. The number of benzene rings is 2. The molecule has 0 bridgehead atoms. The summed E-state index contributed by atoms with van der Waals surface area (Å²) in [6.07, 6.45) is 17.9. The number of carbonyl (C=O) groups excluding carboxylic acids is 1. The predicted molar refractivity (Wildman–Crippen MR) is 152 cm³/mol. The first-order chi connectivity index (χ1) is 17.5. The highest BCUT2D eigenvalue weighted by atomic mass is 16.5. The number of carbonyl (C=O) groups is 1. The van der Waals surface area contributed by atoms with Crippen molar-refractivity contribution in [3.63, 3.8) is 0 Å². The lowest BCUT2D eigenvalue weighted by Gasteiger charge is -2.14. The number of hydrogen-bond acceptors (Lipinski definition) is 3. The average Bonchev–Trinajstić information content (AvgIpc) is 2.89. The SMILES string of the molecule is CCCCCC[C@@H](C)Oc1ccc(C(=O)Oc2ccc(CCCCCCCCC(C)CC)cc2)cc1. The van der Waals surface area contributed by atoms with Gasteiger partial charge in [-0.15, -0.1) is 0 Å². The van der Waals surface area contributed by atoms with Crippen molar-refractivity contribution in [1.82, 2.24) is 0 Å². The smallest absolute Gasteiger partial charge is 0.343 e. The van der Waals surface area contributed by atoms with E-state index in [4.69, 9.17) is 9.47 Å². The Morgan fingerprint density at radius 1 is 0.694 bits per heavy atom. The summed E-state index contributed by atoms with van der Waals surface area (Å²) in [4.78, 5) is 12.5. The molecule has 3 nitrogen and oxygen atoms in total. The van der Waals surface area contributed by atoms with Crippen LogP contribution in [0.1, 0.15) is 127 Å². The standard InChI is InChI=1S/C33H50O3/c1-5-7-8-14-17-28(4)35-31-25-21-30(22-26-31)33(34)36-32-23-19-29(20-24-32)18-15-12-10-9-11-13-16-27(3)6-2/h19-28H,5-18H2,1-4H3/t27?,28-/m1/s1. The van der Waals surface area contributed by atoms with E-state index in [1.807, 2.05) is 24.3 Å². The van der Waals surface area contributed by atoms with Crippen LogP contribution in [0, 0.1) is 5.92 Å². The molecule has 2 rings (SSSR count). The van der Waals surface area contributed by atoms with Crippen LogP contribution in [0.2, 0.25) is 0 Å². The molecule has 0 fully saturated rings. The molecule has 0 N–H and O–H groups in total. The van der Waals surface area contributed by atoms with Crippen molar-refractivity contribution >= 4 is 5.97 Å². The molecule has 0 aliphatic rings. The zero-order valence-corrected chi connectivity index (χ0v) is 23.4. The molecule has 2 aromatic rings. The quantitative estimate of drug-likeness (QED) is 0.111. The molecule has 1 unspecified atom stereocenters. The number of rotatable bonds is 19. The van der Waals surface area contributed by atoms with Crippen LogP contribution in [0.25, 0.3) is 0 Å². The first kappa shape index (κ1) is 29.9. The second-order valence-corrected chi connectivity index (χ2v) is 10.5. The van der Waals surface area contributed by atoms with Crippen LogP contribution in [0.15, 0.2) is 48.5 Å². The summed E-state index contributed by atoms with van der Waals surface area (Å²) in [6.45, 7) is 8.97. The van der Waals surface area contributed by atoms with Gasteiger partial charge in [0.1, 0.15) is 11.5 Å². The molecular formula is C33H50O3. The van der Waals surface area contributed by atoms with E-state index in [0.717, 1.165) is 24.5 Å². The fourth-order valence-corrected chi connectivity index (χ4v) is 4.44. The summed E-state index contributed by atoms with van der Waals surface area (Å²) >= 11 is 0. The topological polar surface area (TPSA) is 35.5 Å². The summed E-state index contributed by atoms with van der Waals surface area (Å²) in [5.74, 6) is 1.93. The Hall–Kier alpha value is -2.29. The third-order valence-electron chi connectivity index (χ3n) is 7.13. The fourth-order valence-electron chi connectivity index (χ4n) is 4.44. The number of unbranched alkanes of at least 4 members (excludes halogenated alkanes) is 8. The van der Waals surface area contributed by atoms with Gasteiger partial charge in [0.2, 0.25) is 0 Å². The third-order valence-corrected chi connectivity index (χ3v) is 7.13. The zero-order valence-electron chi connectivity index (χ0n) is 23.4. The minimum Gasteiger partial charge on any atom is -0.491 e. The Labute approximate surface area is 221 Å². The van der Waals surface area contributed by atoms with E-state index < -0.39 is 0 Å². The predicted octanol–water partition coefficient (Wildman–Crippen LogP) is 9.96. The van der Waals surface area contributed by atoms with Gasteiger partial charge in [-0.25, -0.2) is 4.79 Å². The van der Waals surface area contributed by atoms with Crippen LogP contribution in [0.3, 0.4) is 0 Å². The number of esters is 1. The van der Waals surface area contributed by atoms with Gasteiger partial charge in [0.15, 0.2) is 0 Å². The van der Waals surface area contributed by atoms with Gasteiger partial charge in [0, 0.05) is 0 Å². The van der Waals surface area contributed by atoms with Gasteiger partial charge in [-0.3, -0.25) is 0 Å². The Bertz CT molecular complexity index is 825. The Kier molecular flexibility index (Phi) is 15.0. The van der Waals surface area contributed by atoms with E-state index in [1.165, 1.54) is 82.6 Å². The molecule has 0 aliphatic heterocycles. The summed E-state index contributed by atoms with van der Waals surface area (Å²) in [6, 6.07) is 15.2. The normalized spacial score (nSPS) is 12.8. The van der Waals surface area contributed by atoms with E-state index in [2.05, 4.69) is 39.8 Å². The fraction of sp³-hybridized carbons (Fsp3) is 0.606. The summed E-state index contributed by atoms with van der Waals surface area (Å²) in [5.41, 5.74) is 1.84. The minimum absolute atomic E-state index is 0.178. The van der Waals surface area contributed by atoms with Crippen molar-refractivity contribution in [2.45, 2.75) is 124 Å². The van der Waals surface area contributed by atoms with Crippen molar-refractivity contribution < 1.29 is 14.3 Å². The van der Waals surface area contributed by atoms with Crippen molar-refractivity contribution in [3.05, 3.63) is 59.7 Å². The number of ether oxygens (including phenoxy) is 2. The molecule has 0 aromatic heterocycles. The van der Waals surface area contributed by atoms with Crippen LogP contribution in [-0.2, 0) is 6.42 Å². The Balaban J connectivity index is 1.65. The van der Waals surface area contributed by atoms with Gasteiger partial charge in [0.25, 0.3) is 0 Å². The molecule has 0 saturated heterocycles. The summed E-state index contributed by atoms with van der Waals surface area (Å²) in [7, 11) is 0. The van der Waals surface area contributed by atoms with Crippen molar-refractivity contribution in [2.24, 2.45) is 5.92 Å². The number of hydrogen-bond donors (Lipinski definition) is 0. The third kappa shape index (κ3) is 12.6. The largest absolute Gasteiger partial charge is 0.491 e. The zero-order chi connectivity index (χ0) is 26.0. The molecular weight excluding hydrogens is 444 g/mol. The summed E-state index contributed by atoms with van der Waals surface area (Å²) < 4.78 is 11.6. The molecule has 0 heterocycles. The van der Waals surface area contributed by atoms with Crippen LogP contribution < -0.4 is 9.47 Å². The average molecular weight is 495 g/mol. The number of aryl methyl sites for hydroxylation is 1. The van der Waals surface area contributed by atoms with E-state index in [9.17, 15) is 4.79 Å². The van der Waals surface area contributed by atoms with Gasteiger partial charge in [-0.2, -0.15) is 0 Å². The molecule has 0 aliphatic carbocycles. The lowest BCUT2D eigenvalue weighted by atomic mass is 9.99. The maximum Gasteiger partial charge on any atom is 0.343 e. The van der Waals surface area contributed by atoms with Gasteiger partial charge in [-0.1, -0.05) is 97.1 Å². The molecule has 2 aromatic carbocycles. The molecule has 0 saturated carbocycles. The molecule has 3 heteroatoms. The molecule has 200 valence electrons. The second kappa shape index (κ2) is 18.0. The highest BCUT2D eigenvalue weighted by Crippen LogP contribution is 2.20. The van der Waals surface area contributed by atoms with Crippen LogP contribution in [0.5, 0.6) is 11.5 Å². The van der Waals surface area contributed by atoms with Crippen LogP contribution in [0.4, 0.5) is 0 Å². The van der Waals surface area contributed by atoms with E-state index >= 15 is 0 Å². The lowest BCUT2D eigenvalue weighted by Crippen LogP contribution is -2.12. The molecule has 0 spiro atoms. The Morgan fingerprint density at radius 3 is 1.94 bits per heavy atom. The van der Waals surface area contributed by atoms with Crippen molar-refractivity contribution in [2.75, 3.05) is 0 Å². The van der Waals surface area contributed by atoms with Gasteiger partial charge in [0.05, 0.1) is 11.7 Å².